The fourth-order valence-electron chi connectivity index (χ4n) is 1.55. The highest BCUT2D eigenvalue weighted by atomic mass is 16.5. The number of benzene rings is 1. The third-order valence-corrected chi connectivity index (χ3v) is 2.24. The molecule has 1 amide bonds. The van der Waals surface area contributed by atoms with Gasteiger partial charge in [0.2, 0.25) is 0 Å². The number of para-hydroxylation sites is 1. The minimum Gasteiger partial charge on any atom is -0.483 e. The van der Waals surface area contributed by atoms with E-state index < -0.39 is 6.10 Å². The molecule has 0 spiro atoms. The smallest absolute Gasteiger partial charge is 0.258 e. The first-order chi connectivity index (χ1) is 8.29. The molecule has 0 aliphatic carbocycles. The Balaban J connectivity index is 2.61. The molecule has 0 bridgehead atoms. The van der Waals surface area contributed by atoms with Gasteiger partial charge in [0.05, 0.1) is 6.10 Å². The van der Waals surface area contributed by atoms with E-state index in [1.54, 1.807) is 19.1 Å². The van der Waals surface area contributed by atoms with Crippen molar-refractivity contribution in [2.24, 2.45) is 0 Å². The first kappa shape index (κ1) is 14.5. The van der Waals surface area contributed by atoms with Crippen LogP contribution in [0.15, 0.2) is 24.3 Å². The quantitative estimate of drug-likeness (QED) is 0.861. The Morgan fingerprint density at radius 1 is 1.39 bits per heavy atom. The molecular weight excluding hydrogens is 230 g/mol. The zero-order valence-electron chi connectivity index (χ0n) is 11.4. The van der Waals surface area contributed by atoms with E-state index in [0.29, 0.717) is 11.3 Å². The number of ether oxygens (including phenoxy) is 1. The van der Waals surface area contributed by atoms with Crippen molar-refractivity contribution in [3.63, 3.8) is 0 Å². The highest BCUT2D eigenvalue weighted by Gasteiger charge is 2.15. The largest absolute Gasteiger partial charge is 0.483 e. The molecule has 0 aliphatic rings. The van der Waals surface area contributed by atoms with Gasteiger partial charge >= 0.3 is 0 Å². The Morgan fingerprint density at radius 3 is 2.56 bits per heavy atom. The number of rotatable bonds is 4. The van der Waals surface area contributed by atoms with Crippen LogP contribution < -0.4 is 10.1 Å². The first-order valence-electron chi connectivity index (χ1n) is 6.00. The van der Waals surface area contributed by atoms with Crippen LogP contribution in [0.3, 0.4) is 0 Å². The van der Waals surface area contributed by atoms with Crippen LogP contribution in [-0.2, 0) is 4.79 Å². The molecule has 0 saturated heterocycles. The number of carbonyl (C=O) groups excluding carboxylic acids is 1. The van der Waals surface area contributed by atoms with Gasteiger partial charge in [-0.2, -0.15) is 0 Å². The summed E-state index contributed by atoms with van der Waals surface area (Å²) in [5.74, 6) is 0.361. The lowest BCUT2D eigenvalue weighted by Crippen LogP contribution is -2.43. The fourth-order valence-corrected chi connectivity index (χ4v) is 1.55. The standard InChI is InChI=1S/C14H21NO3/c1-10(16)11-7-5-6-8-12(11)18-9-13(17)15-14(2,3)4/h5-8,10,16H,9H2,1-4H3,(H,15,17). The van der Waals surface area contributed by atoms with Crippen molar-refractivity contribution in [2.45, 2.75) is 39.3 Å². The van der Waals surface area contributed by atoms with Crippen LogP contribution in [0.5, 0.6) is 5.75 Å². The van der Waals surface area contributed by atoms with Gasteiger partial charge < -0.3 is 15.2 Å². The molecule has 1 atom stereocenters. The van der Waals surface area contributed by atoms with Crippen molar-refractivity contribution < 1.29 is 14.6 Å². The van der Waals surface area contributed by atoms with Gasteiger partial charge in [-0.3, -0.25) is 4.79 Å². The van der Waals surface area contributed by atoms with Crippen molar-refractivity contribution >= 4 is 5.91 Å². The molecule has 100 valence electrons. The third-order valence-electron chi connectivity index (χ3n) is 2.24. The number of aliphatic hydroxyl groups excluding tert-OH is 1. The molecule has 1 aromatic rings. The average Bonchev–Trinajstić information content (AvgIpc) is 2.24. The summed E-state index contributed by atoms with van der Waals surface area (Å²) >= 11 is 0. The lowest BCUT2D eigenvalue weighted by molar-refractivity contribution is -0.124. The Hall–Kier alpha value is -1.55. The first-order valence-corrected chi connectivity index (χ1v) is 6.00. The van der Waals surface area contributed by atoms with Crippen molar-refractivity contribution in [1.82, 2.24) is 5.32 Å². The number of hydrogen-bond acceptors (Lipinski definition) is 3. The van der Waals surface area contributed by atoms with Crippen LogP contribution in [-0.4, -0.2) is 23.2 Å². The second kappa shape index (κ2) is 5.87. The highest BCUT2D eigenvalue weighted by molar-refractivity contribution is 5.78. The Kier molecular flexibility index (Phi) is 4.73. The molecule has 4 nitrogen and oxygen atoms in total. The molecule has 0 heterocycles. The van der Waals surface area contributed by atoms with Gasteiger partial charge in [0.15, 0.2) is 6.61 Å². The average molecular weight is 251 g/mol. The normalized spacial score (nSPS) is 12.9. The maximum Gasteiger partial charge on any atom is 0.258 e. The predicted octanol–water partition coefficient (Wildman–Crippen LogP) is 2.03. The molecule has 0 radical (unpaired) electrons. The molecule has 0 saturated carbocycles. The summed E-state index contributed by atoms with van der Waals surface area (Å²) in [4.78, 5) is 11.6. The van der Waals surface area contributed by atoms with E-state index in [4.69, 9.17) is 4.74 Å². The fraction of sp³-hybridized carbons (Fsp3) is 0.500. The van der Waals surface area contributed by atoms with E-state index in [2.05, 4.69) is 5.32 Å². The number of aliphatic hydroxyl groups is 1. The van der Waals surface area contributed by atoms with Crippen LogP contribution in [0.4, 0.5) is 0 Å². The highest BCUT2D eigenvalue weighted by Crippen LogP contribution is 2.24. The van der Waals surface area contributed by atoms with E-state index in [-0.39, 0.29) is 18.1 Å². The maximum atomic E-state index is 11.6. The Morgan fingerprint density at radius 2 is 2.00 bits per heavy atom. The molecule has 2 N–H and O–H groups in total. The molecule has 0 fully saturated rings. The van der Waals surface area contributed by atoms with Gasteiger partial charge in [-0.25, -0.2) is 0 Å². The van der Waals surface area contributed by atoms with E-state index in [0.717, 1.165) is 0 Å². The van der Waals surface area contributed by atoms with Crippen LogP contribution in [0.2, 0.25) is 0 Å². The molecule has 1 rings (SSSR count). The Labute approximate surface area is 108 Å². The lowest BCUT2D eigenvalue weighted by atomic mass is 10.1. The summed E-state index contributed by atoms with van der Waals surface area (Å²) in [6.07, 6.45) is -0.619. The van der Waals surface area contributed by atoms with Crippen LogP contribution in [0.1, 0.15) is 39.4 Å². The minimum absolute atomic E-state index is 0.0546. The lowest BCUT2D eigenvalue weighted by Gasteiger charge is -2.21. The van der Waals surface area contributed by atoms with E-state index in [1.165, 1.54) is 0 Å². The molecule has 1 unspecified atom stereocenters. The monoisotopic (exact) mass is 251 g/mol. The van der Waals surface area contributed by atoms with E-state index in [9.17, 15) is 9.90 Å². The molecular formula is C14H21NO3. The van der Waals surface area contributed by atoms with Crippen molar-refractivity contribution in [3.8, 4) is 5.75 Å². The zero-order valence-corrected chi connectivity index (χ0v) is 11.4. The summed E-state index contributed by atoms with van der Waals surface area (Å²) in [5.41, 5.74) is 0.408. The number of nitrogens with one attached hydrogen (secondary N) is 1. The van der Waals surface area contributed by atoms with E-state index in [1.807, 2.05) is 32.9 Å². The molecule has 18 heavy (non-hydrogen) atoms. The van der Waals surface area contributed by atoms with Gasteiger partial charge in [-0.05, 0) is 33.8 Å². The van der Waals surface area contributed by atoms with Gasteiger partial charge in [0, 0.05) is 11.1 Å². The summed E-state index contributed by atoms with van der Waals surface area (Å²) in [7, 11) is 0. The topological polar surface area (TPSA) is 58.6 Å². The van der Waals surface area contributed by atoms with Crippen LogP contribution >= 0.6 is 0 Å². The zero-order chi connectivity index (χ0) is 13.8. The molecule has 0 aliphatic heterocycles. The van der Waals surface area contributed by atoms with Crippen molar-refractivity contribution in [1.29, 1.82) is 0 Å². The van der Waals surface area contributed by atoms with E-state index >= 15 is 0 Å². The van der Waals surface area contributed by atoms with Crippen LogP contribution in [0, 0.1) is 0 Å². The summed E-state index contributed by atoms with van der Waals surface area (Å²) in [5, 5.41) is 12.4. The second-order valence-corrected chi connectivity index (χ2v) is 5.30. The van der Waals surface area contributed by atoms with Gasteiger partial charge in [0.1, 0.15) is 5.75 Å². The number of carbonyl (C=O) groups is 1. The van der Waals surface area contributed by atoms with Gasteiger partial charge in [-0.1, -0.05) is 18.2 Å². The molecule has 4 heteroatoms. The van der Waals surface area contributed by atoms with Crippen molar-refractivity contribution in [2.75, 3.05) is 6.61 Å². The van der Waals surface area contributed by atoms with Gasteiger partial charge in [0.25, 0.3) is 5.91 Å². The molecule has 0 aromatic heterocycles. The summed E-state index contributed by atoms with van der Waals surface area (Å²) in [6.45, 7) is 7.34. The maximum absolute atomic E-state index is 11.6. The minimum atomic E-state index is -0.619. The second-order valence-electron chi connectivity index (χ2n) is 5.30. The summed E-state index contributed by atoms with van der Waals surface area (Å²) in [6, 6.07) is 7.15. The third kappa shape index (κ3) is 4.75. The van der Waals surface area contributed by atoms with Crippen LogP contribution in [0.25, 0.3) is 0 Å². The Bertz CT molecular complexity index is 408. The molecule has 1 aromatic carbocycles. The number of hydrogen-bond donors (Lipinski definition) is 2. The van der Waals surface area contributed by atoms with Crippen molar-refractivity contribution in [3.05, 3.63) is 29.8 Å². The number of amides is 1. The summed E-state index contributed by atoms with van der Waals surface area (Å²) < 4.78 is 5.43. The van der Waals surface area contributed by atoms with Gasteiger partial charge in [-0.15, -0.1) is 0 Å². The SMILES string of the molecule is CC(O)c1ccccc1OCC(=O)NC(C)(C)C. The predicted molar refractivity (Wildman–Crippen MR) is 70.5 cm³/mol.